The van der Waals surface area contributed by atoms with Gasteiger partial charge < -0.3 is 9.64 Å². The zero-order valence-corrected chi connectivity index (χ0v) is 13.0. The van der Waals surface area contributed by atoms with E-state index in [0.717, 1.165) is 31.7 Å². The molecule has 0 radical (unpaired) electrons. The lowest BCUT2D eigenvalue weighted by Crippen LogP contribution is -2.31. The van der Waals surface area contributed by atoms with E-state index >= 15 is 0 Å². The number of ether oxygens (including phenoxy) is 1. The Morgan fingerprint density at radius 3 is 2.45 bits per heavy atom. The SMILES string of the molecule is COc1ccc(CN(C)CC2CCC(C)(C)C2=O)cc1. The third-order valence-corrected chi connectivity index (χ3v) is 4.30. The number of Topliss-reactive ketones (excluding diaryl/α,β-unsaturated/α-hetero) is 1. The summed E-state index contributed by atoms with van der Waals surface area (Å²) in [5, 5.41) is 0. The van der Waals surface area contributed by atoms with Crippen LogP contribution in [0.5, 0.6) is 5.75 Å². The van der Waals surface area contributed by atoms with Crippen LogP contribution in [0.4, 0.5) is 0 Å². The predicted molar refractivity (Wildman–Crippen MR) is 80.8 cm³/mol. The van der Waals surface area contributed by atoms with Crippen molar-refractivity contribution in [2.45, 2.75) is 33.2 Å². The second-order valence-electron chi connectivity index (χ2n) is 6.53. The Hall–Kier alpha value is -1.35. The minimum Gasteiger partial charge on any atom is -0.497 e. The van der Waals surface area contributed by atoms with Crippen molar-refractivity contribution in [2.24, 2.45) is 11.3 Å². The first-order valence-corrected chi connectivity index (χ1v) is 7.28. The maximum absolute atomic E-state index is 12.3. The molecule has 1 aromatic rings. The smallest absolute Gasteiger partial charge is 0.142 e. The molecule has 0 N–H and O–H groups in total. The molecule has 0 amide bonds. The van der Waals surface area contributed by atoms with Crippen LogP contribution in [0, 0.1) is 11.3 Å². The van der Waals surface area contributed by atoms with Gasteiger partial charge in [-0.1, -0.05) is 26.0 Å². The molecule has 1 saturated carbocycles. The summed E-state index contributed by atoms with van der Waals surface area (Å²) in [6.07, 6.45) is 2.05. The first kappa shape index (κ1) is 15.0. The topological polar surface area (TPSA) is 29.5 Å². The summed E-state index contributed by atoms with van der Waals surface area (Å²) in [6.45, 7) is 5.86. The fourth-order valence-electron chi connectivity index (χ4n) is 3.00. The van der Waals surface area contributed by atoms with Crippen molar-refractivity contribution in [3.63, 3.8) is 0 Å². The lowest BCUT2D eigenvalue weighted by Gasteiger charge is -2.22. The van der Waals surface area contributed by atoms with E-state index in [9.17, 15) is 4.79 Å². The van der Waals surface area contributed by atoms with Gasteiger partial charge in [-0.05, 0) is 37.6 Å². The molecule has 0 spiro atoms. The number of nitrogens with zero attached hydrogens (tertiary/aromatic N) is 1. The highest BCUT2D eigenvalue weighted by molar-refractivity contribution is 5.88. The van der Waals surface area contributed by atoms with Crippen LogP contribution in [0.15, 0.2) is 24.3 Å². The van der Waals surface area contributed by atoms with Gasteiger partial charge >= 0.3 is 0 Å². The molecule has 2 rings (SSSR count). The van der Waals surface area contributed by atoms with Crippen LogP contribution in [0.1, 0.15) is 32.3 Å². The number of methoxy groups -OCH3 is 1. The van der Waals surface area contributed by atoms with E-state index in [2.05, 4.69) is 37.9 Å². The molecule has 1 aromatic carbocycles. The van der Waals surface area contributed by atoms with Gasteiger partial charge in [0.2, 0.25) is 0 Å². The van der Waals surface area contributed by atoms with Crippen LogP contribution < -0.4 is 4.74 Å². The maximum Gasteiger partial charge on any atom is 0.142 e. The van der Waals surface area contributed by atoms with Crippen molar-refractivity contribution in [3.8, 4) is 5.75 Å². The first-order chi connectivity index (χ1) is 9.42. The molecular weight excluding hydrogens is 250 g/mol. The van der Waals surface area contributed by atoms with Crippen LogP contribution in [0.2, 0.25) is 0 Å². The quantitative estimate of drug-likeness (QED) is 0.827. The van der Waals surface area contributed by atoms with Gasteiger partial charge in [0.05, 0.1) is 7.11 Å². The number of ketones is 1. The lowest BCUT2D eigenvalue weighted by atomic mass is 9.89. The van der Waals surface area contributed by atoms with Crippen LogP contribution >= 0.6 is 0 Å². The number of hydrogen-bond acceptors (Lipinski definition) is 3. The van der Waals surface area contributed by atoms with E-state index in [0.29, 0.717) is 5.78 Å². The Balaban J connectivity index is 1.89. The predicted octanol–water partition coefficient (Wildman–Crippen LogP) is 3.13. The molecule has 0 aromatic heterocycles. The Bertz CT molecular complexity index is 464. The zero-order valence-electron chi connectivity index (χ0n) is 13.0. The van der Waals surface area contributed by atoms with E-state index in [1.807, 2.05) is 12.1 Å². The van der Waals surface area contributed by atoms with Crippen molar-refractivity contribution in [2.75, 3.05) is 20.7 Å². The fraction of sp³-hybridized carbons (Fsp3) is 0.588. The highest BCUT2D eigenvalue weighted by Gasteiger charge is 2.40. The molecule has 20 heavy (non-hydrogen) atoms. The molecular formula is C17H25NO2. The van der Waals surface area contributed by atoms with Gasteiger partial charge in [0, 0.05) is 24.4 Å². The van der Waals surface area contributed by atoms with Crippen molar-refractivity contribution in [1.82, 2.24) is 4.90 Å². The Morgan fingerprint density at radius 2 is 1.95 bits per heavy atom. The zero-order chi connectivity index (χ0) is 14.8. The Morgan fingerprint density at radius 1 is 1.30 bits per heavy atom. The van der Waals surface area contributed by atoms with E-state index in [1.165, 1.54) is 5.56 Å². The average molecular weight is 275 g/mol. The summed E-state index contributed by atoms with van der Waals surface area (Å²) in [7, 11) is 3.76. The highest BCUT2D eigenvalue weighted by Crippen LogP contribution is 2.37. The molecule has 1 atom stereocenters. The van der Waals surface area contributed by atoms with Gasteiger partial charge in [-0.25, -0.2) is 0 Å². The molecule has 0 bridgehead atoms. The number of carbonyl (C=O) groups excluding carboxylic acids is 1. The molecule has 0 aliphatic heterocycles. The summed E-state index contributed by atoms with van der Waals surface area (Å²) in [5.41, 5.74) is 1.13. The normalized spacial score (nSPS) is 21.4. The summed E-state index contributed by atoms with van der Waals surface area (Å²) >= 11 is 0. The van der Waals surface area contributed by atoms with Crippen molar-refractivity contribution < 1.29 is 9.53 Å². The van der Waals surface area contributed by atoms with Gasteiger partial charge in [0.1, 0.15) is 11.5 Å². The molecule has 3 heteroatoms. The average Bonchev–Trinajstić information content (AvgIpc) is 2.67. The number of carbonyl (C=O) groups is 1. The van der Waals surface area contributed by atoms with Crippen LogP contribution in [-0.4, -0.2) is 31.4 Å². The number of rotatable bonds is 5. The Labute approximate surface area is 121 Å². The van der Waals surface area contributed by atoms with Crippen molar-refractivity contribution in [3.05, 3.63) is 29.8 Å². The molecule has 1 fully saturated rings. The highest BCUT2D eigenvalue weighted by atomic mass is 16.5. The molecule has 110 valence electrons. The van der Waals surface area contributed by atoms with Crippen LogP contribution in [0.3, 0.4) is 0 Å². The first-order valence-electron chi connectivity index (χ1n) is 7.28. The second kappa shape index (κ2) is 5.96. The minimum atomic E-state index is -0.119. The van der Waals surface area contributed by atoms with Crippen molar-refractivity contribution in [1.29, 1.82) is 0 Å². The van der Waals surface area contributed by atoms with Gasteiger partial charge in [0.15, 0.2) is 0 Å². The molecule has 0 saturated heterocycles. The molecule has 0 heterocycles. The van der Waals surface area contributed by atoms with E-state index in [1.54, 1.807) is 7.11 Å². The molecule has 3 nitrogen and oxygen atoms in total. The summed E-state index contributed by atoms with van der Waals surface area (Å²) in [6, 6.07) is 8.12. The van der Waals surface area contributed by atoms with Gasteiger partial charge in [0.25, 0.3) is 0 Å². The van der Waals surface area contributed by atoms with Gasteiger partial charge in [-0.15, -0.1) is 0 Å². The van der Waals surface area contributed by atoms with Crippen molar-refractivity contribution >= 4 is 5.78 Å². The van der Waals surface area contributed by atoms with Gasteiger partial charge in [-0.2, -0.15) is 0 Å². The third kappa shape index (κ3) is 3.40. The minimum absolute atomic E-state index is 0.119. The largest absolute Gasteiger partial charge is 0.497 e. The van der Waals surface area contributed by atoms with E-state index in [-0.39, 0.29) is 11.3 Å². The van der Waals surface area contributed by atoms with Crippen LogP contribution in [-0.2, 0) is 11.3 Å². The standard InChI is InChI=1S/C17H25NO2/c1-17(2)10-9-14(16(17)19)12-18(3)11-13-5-7-15(20-4)8-6-13/h5-8,14H,9-12H2,1-4H3. The molecule has 1 aliphatic carbocycles. The van der Waals surface area contributed by atoms with Crippen LogP contribution in [0.25, 0.3) is 0 Å². The van der Waals surface area contributed by atoms with E-state index in [4.69, 9.17) is 4.74 Å². The molecule has 1 unspecified atom stereocenters. The summed E-state index contributed by atoms with van der Waals surface area (Å²) in [5.74, 6) is 1.51. The number of hydrogen-bond donors (Lipinski definition) is 0. The third-order valence-electron chi connectivity index (χ3n) is 4.30. The maximum atomic E-state index is 12.3. The molecule has 1 aliphatic rings. The Kier molecular flexibility index (Phi) is 4.48. The second-order valence-corrected chi connectivity index (χ2v) is 6.53. The summed E-state index contributed by atoms with van der Waals surface area (Å²) < 4.78 is 5.16. The van der Waals surface area contributed by atoms with Gasteiger partial charge in [-0.3, -0.25) is 4.79 Å². The number of benzene rings is 1. The lowest BCUT2D eigenvalue weighted by molar-refractivity contribution is -0.127. The summed E-state index contributed by atoms with van der Waals surface area (Å²) in [4.78, 5) is 14.5. The fourth-order valence-corrected chi connectivity index (χ4v) is 3.00. The monoisotopic (exact) mass is 275 g/mol. The van der Waals surface area contributed by atoms with E-state index < -0.39 is 0 Å².